The van der Waals surface area contributed by atoms with Gasteiger partial charge in [0.05, 0.1) is 18.5 Å². The van der Waals surface area contributed by atoms with Gasteiger partial charge in [-0.1, -0.05) is 6.07 Å². The molecule has 1 aromatic carbocycles. The molecule has 1 aliphatic heterocycles. The lowest BCUT2D eigenvalue weighted by Gasteiger charge is -2.33. The summed E-state index contributed by atoms with van der Waals surface area (Å²) in [4.78, 5) is 11.2. The zero-order valence-corrected chi connectivity index (χ0v) is 13.3. The largest absolute Gasteiger partial charge is 0.487 e. The Morgan fingerprint density at radius 1 is 1.35 bits per heavy atom. The molecule has 0 saturated heterocycles. The Morgan fingerprint density at radius 3 is 2.78 bits per heavy atom. The van der Waals surface area contributed by atoms with Crippen LogP contribution in [0.5, 0.6) is 5.75 Å². The van der Waals surface area contributed by atoms with Gasteiger partial charge >= 0.3 is 5.97 Å². The molecule has 1 atom stereocenters. The van der Waals surface area contributed by atoms with Crippen LogP contribution in [-0.4, -0.2) is 32.1 Å². The number of anilines is 1. The Bertz CT molecular complexity index is 870. The minimum Gasteiger partial charge on any atom is -0.487 e. The van der Waals surface area contributed by atoms with Crippen molar-refractivity contribution in [2.75, 3.05) is 10.8 Å². The molecule has 0 aliphatic carbocycles. The van der Waals surface area contributed by atoms with Gasteiger partial charge in [-0.05, 0) is 37.6 Å². The highest BCUT2D eigenvalue weighted by Gasteiger charge is 2.37. The number of hydrogen-bond donors (Lipinski definition) is 1. The molecule has 1 unspecified atom stereocenters. The van der Waals surface area contributed by atoms with Crippen LogP contribution in [0.15, 0.2) is 40.0 Å². The van der Waals surface area contributed by atoms with E-state index in [1.807, 2.05) is 6.92 Å². The summed E-state index contributed by atoms with van der Waals surface area (Å²) in [6.07, 6.45) is 0.679. The first-order chi connectivity index (χ1) is 10.8. The minimum atomic E-state index is -4.15. The van der Waals surface area contributed by atoms with Gasteiger partial charge in [-0.15, -0.1) is 0 Å². The molecule has 0 saturated carbocycles. The molecule has 122 valence electrons. The van der Waals surface area contributed by atoms with Crippen molar-refractivity contribution in [2.24, 2.45) is 0 Å². The molecule has 7 nitrogen and oxygen atoms in total. The van der Waals surface area contributed by atoms with E-state index < -0.39 is 26.6 Å². The van der Waals surface area contributed by atoms with Crippen LogP contribution in [0.4, 0.5) is 5.69 Å². The molecule has 1 N–H and O–H groups in total. The number of furan rings is 1. The van der Waals surface area contributed by atoms with Crippen molar-refractivity contribution in [3.8, 4) is 5.75 Å². The number of carboxylic acids is 1. The first-order valence-corrected chi connectivity index (χ1v) is 8.35. The van der Waals surface area contributed by atoms with Crippen LogP contribution in [0.25, 0.3) is 0 Å². The lowest BCUT2D eigenvalue weighted by atomic mass is 10.2. The quantitative estimate of drug-likeness (QED) is 0.923. The van der Waals surface area contributed by atoms with Crippen molar-refractivity contribution in [1.29, 1.82) is 0 Å². The average Bonchev–Trinajstić information content (AvgIpc) is 2.96. The SMILES string of the molecule is Cc1ccc2c(c1)OC(C)CN2S(=O)(=O)c1occc1C(=O)O. The van der Waals surface area contributed by atoms with Crippen LogP contribution in [0.2, 0.25) is 0 Å². The van der Waals surface area contributed by atoms with Crippen LogP contribution < -0.4 is 9.04 Å². The number of fused-ring (bicyclic) bond motifs is 1. The van der Waals surface area contributed by atoms with Gasteiger partial charge in [0.2, 0.25) is 0 Å². The monoisotopic (exact) mass is 337 g/mol. The van der Waals surface area contributed by atoms with E-state index in [0.717, 1.165) is 22.2 Å². The van der Waals surface area contributed by atoms with Gasteiger partial charge < -0.3 is 14.3 Å². The van der Waals surface area contributed by atoms with Gasteiger partial charge in [0.25, 0.3) is 15.1 Å². The van der Waals surface area contributed by atoms with Crippen LogP contribution >= 0.6 is 0 Å². The van der Waals surface area contributed by atoms with Crippen molar-refractivity contribution < 1.29 is 27.5 Å². The summed E-state index contributed by atoms with van der Waals surface area (Å²) in [6.45, 7) is 3.68. The maximum Gasteiger partial charge on any atom is 0.340 e. The molecule has 2 aromatic rings. The number of aromatic carboxylic acids is 1. The molecular weight excluding hydrogens is 322 g/mol. The molecule has 0 bridgehead atoms. The number of carboxylic acid groups (broad SMARTS) is 1. The van der Waals surface area contributed by atoms with E-state index in [-0.39, 0.29) is 12.6 Å². The summed E-state index contributed by atoms with van der Waals surface area (Å²) in [5, 5.41) is 8.55. The summed E-state index contributed by atoms with van der Waals surface area (Å²) in [6, 6.07) is 6.27. The summed E-state index contributed by atoms with van der Waals surface area (Å²) >= 11 is 0. The van der Waals surface area contributed by atoms with E-state index in [1.54, 1.807) is 25.1 Å². The summed E-state index contributed by atoms with van der Waals surface area (Å²) in [7, 11) is -4.15. The first kappa shape index (κ1) is 15.4. The lowest BCUT2D eigenvalue weighted by Crippen LogP contribution is -2.42. The van der Waals surface area contributed by atoms with Crippen molar-refractivity contribution >= 4 is 21.7 Å². The van der Waals surface area contributed by atoms with Gasteiger partial charge in [0.1, 0.15) is 17.4 Å². The second-order valence-corrected chi connectivity index (χ2v) is 7.12. The maximum absolute atomic E-state index is 12.9. The topological polar surface area (TPSA) is 97.0 Å². The van der Waals surface area contributed by atoms with Gasteiger partial charge in [0, 0.05) is 0 Å². The third kappa shape index (κ3) is 2.55. The first-order valence-electron chi connectivity index (χ1n) is 6.91. The number of aryl methyl sites for hydroxylation is 1. The van der Waals surface area contributed by atoms with E-state index in [2.05, 4.69) is 0 Å². The van der Waals surface area contributed by atoms with E-state index >= 15 is 0 Å². The summed E-state index contributed by atoms with van der Waals surface area (Å²) in [5.74, 6) is -0.918. The number of benzene rings is 1. The van der Waals surface area contributed by atoms with Gasteiger partial charge in [-0.25, -0.2) is 4.79 Å². The van der Waals surface area contributed by atoms with Crippen molar-refractivity contribution in [3.05, 3.63) is 41.7 Å². The van der Waals surface area contributed by atoms with Crippen LogP contribution in [-0.2, 0) is 10.0 Å². The van der Waals surface area contributed by atoms with Crippen molar-refractivity contribution in [2.45, 2.75) is 25.0 Å². The highest BCUT2D eigenvalue weighted by molar-refractivity contribution is 7.92. The smallest absolute Gasteiger partial charge is 0.340 e. The Morgan fingerprint density at radius 2 is 2.09 bits per heavy atom. The molecule has 0 radical (unpaired) electrons. The Labute approximate surface area is 133 Å². The van der Waals surface area contributed by atoms with Crippen LogP contribution in [0, 0.1) is 6.92 Å². The molecule has 1 aliphatic rings. The fourth-order valence-electron chi connectivity index (χ4n) is 2.49. The molecule has 8 heteroatoms. The van der Waals surface area contributed by atoms with Gasteiger partial charge in [0.15, 0.2) is 0 Å². The number of ether oxygens (including phenoxy) is 1. The Kier molecular flexibility index (Phi) is 3.56. The Balaban J connectivity index is 2.14. The third-order valence-corrected chi connectivity index (χ3v) is 5.23. The predicted molar refractivity (Wildman–Crippen MR) is 81.5 cm³/mol. The number of nitrogens with zero attached hydrogens (tertiary/aromatic N) is 1. The number of sulfonamides is 1. The molecule has 1 aromatic heterocycles. The number of carbonyl (C=O) groups is 1. The molecule has 2 heterocycles. The van der Waals surface area contributed by atoms with Crippen molar-refractivity contribution in [3.63, 3.8) is 0 Å². The van der Waals surface area contributed by atoms with Gasteiger partial charge in [-0.2, -0.15) is 8.42 Å². The normalized spacial score (nSPS) is 17.5. The third-order valence-electron chi connectivity index (χ3n) is 3.52. The number of hydrogen-bond acceptors (Lipinski definition) is 5. The highest BCUT2D eigenvalue weighted by atomic mass is 32.2. The Hall–Kier alpha value is -2.48. The van der Waals surface area contributed by atoms with Gasteiger partial charge in [-0.3, -0.25) is 4.31 Å². The van der Waals surface area contributed by atoms with E-state index in [1.165, 1.54) is 0 Å². The van der Waals surface area contributed by atoms with E-state index in [9.17, 15) is 13.2 Å². The molecule has 23 heavy (non-hydrogen) atoms. The second kappa shape index (κ2) is 5.31. The van der Waals surface area contributed by atoms with Crippen LogP contribution in [0.1, 0.15) is 22.8 Å². The van der Waals surface area contributed by atoms with Crippen LogP contribution in [0.3, 0.4) is 0 Å². The lowest BCUT2D eigenvalue weighted by molar-refractivity contribution is 0.0689. The maximum atomic E-state index is 12.9. The minimum absolute atomic E-state index is 0.0676. The molecule has 0 spiro atoms. The fraction of sp³-hybridized carbons (Fsp3) is 0.267. The fourth-order valence-corrected chi connectivity index (χ4v) is 4.12. The number of rotatable bonds is 3. The average molecular weight is 337 g/mol. The summed E-state index contributed by atoms with van der Waals surface area (Å²) in [5.41, 5.74) is 0.902. The molecule has 0 amide bonds. The summed E-state index contributed by atoms with van der Waals surface area (Å²) < 4.78 is 37.5. The van der Waals surface area contributed by atoms with Crippen molar-refractivity contribution in [1.82, 2.24) is 0 Å². The second-order valence-electron chi connectivity index (χ2n) is 5.36. The predicted octanol–water partition coefficient (Wildman–Crippen LogP) is 2.26. The highest BCUT2D eigenvalue weighted by Crippen LogP contribution is 2.38. The van der Waals surface area contributed by atoms with E-state index in [0.29, 0.717) is 11.4 Å². The van der Waals surface area contributed by atoms with E-state index in [4.69, 9.17) is 14.3 Å². The zero-order valence-electron chi connectivity index (χ0n) is 12.5. The standard InChI is InChI=1S/C15H15NO6S/c1-9-3-4-12-13(7-9)22-10(2)8-16(12)23(19,20)15-11(14(17)18)5-6-21-15/h3-7,10H,8H2,1-2H3,(H,17,18). The zero-order chi connectivity index (χ0) is 16.8. The molecule has 3 rings (SSSR count). The molecule has 0 fully saturated rings. The molecular formula is C15H15NO6S.